The second-order valence-electron chi connectivity index (χ2n) is 10.2. The van der Waals surface area contributed by atoms with E-state index in [9.17, 15) is 39.6 Å². The lowest BCUT2D eigenvalue weighted by molar-refractivity contribution is -0.137. The summed E-state index contributed by atoms with van der Waals surface area (Å²) in [6.45, 7) is 0.943. The van der Waals surface area contributed by atoms with Crippen LogP contribution in [-0.4, -0.2) is 43.3 Å². The summed E-state index contributed by atoms with van der Waals surface area (Å²) in [7, 11) is -7.67. The first-order chi connectivity index (χ1) is 20.1. The highest BCUT2D eigenvalue weighted by atomic mass is 32.2. The highest BCUT2D eigenvalue weighted by molar-refractivity contribution is 7.91. The van der Waals surface area contributed by atoms with Crippen LogP contribution in [0.3, 0.4) is 0 Å². The van der Waals surface area contributed by atoms with Crippen LogP contribution in [0.25, 0.3) is 22.0 Å². The van der Waals surface area contributed by atoms with Crippen molar-refractivity contribution in [2.75, 3.05) is 5.75 Å². The molecule has 0 unspecified atom stereocenters. The zero-order valence-electron chi connectivity index (χ0n) is 22.5. The fourth-order valence-electron chi connectivity index (χ4n) is 4.83. The van der Waals surface area contributed by atoms with E-state index in [0.717, 1.165) is 28.8 Å². The highest BCUT2D eigenvalue weighted by Crippen LogP contribution is 2.39. The highest BCUT2D eigenvalue weighted by Gasteiger charge is 2.39. The van der Waals surface area contributed by atoms with E-state index in [1.807, 2.05) is 4.72 Å². The molecule has 0 bridgehead atoms. The minimum Gasteiger partial charge on any atom is -0.331 e. The molecule has 1 aliphatic carbocycles. The number of rotatable bonds is 9. The number of amides is 1. The van der Waals surface area contributed by atoms with Crippen LogP contribution >= 0.6 is 0 Å². The number of fused-ring (bicyclic) bond motifs is 1. The second kappa shape index (κ2) is 10.9. The van der Waals surface area contributed by atoms with Crippen molar-refractivity contribution in [1.29, 1.82) is 0 Å². The van der Waals surface area contributed by atoms with Crippen molar-refractivity contribution in [3.8, 4) is 11.1 Å². The Kier molecular flexibility index (Phi) is 7.75. The molecule has 0 radical (unpaired) electrons. The molecule has 1 amide bonds. The first kappa shape index (κ1) is 30.5. The van der Waals surface area contributed by atoms with Crippen LogP contribution in [0.15, 0.2) is 59.5 Å². The van der Waals surface area contributed by atoms with Crippen molar-refractivity contribution < 1.29 is 39.2 Å². The SMILES string of the molecule is CCS(=O)(=O)Cc1ccc(F)c(Cn2c(C(=O)NS(=O)(=O)C3CC3)c(-c3ccc[nH]c3=O)c3cc(C(F)(F)F)ccc32)c1. The second-order valence-corrected chi connectivity index (χ2v) is 14.5. The van der Waals surface area contributed by atoms with Crippen molar-refractivity contribution in [2.24, 2.45) is 0 Å². The molecule has 9 nitrogen and oxygen atoms in total. The maximum Gasteiger partial charge on any atom is 0.416 e. The molecule has 1 fully saturated rings. The molecule has 0 saturated heterocycles. The van der Waals surface area contributed by atoms with Gasteiger partial charge in [0.1, 0.15) is 11.5 Å². The summed E-state index contributed by atoms with van der Waals surface area (Å²) in [5, 5.41) is -1.03. The Morgan fingerprint density at radius 1 is 1.07 bits per heavy atom. The van der Waals surface area contributed by atoms with Gasteiger partial charge in [-0.25, -0.2) is 25.9 Å². The summed E-state index contributed by atoms with van der Waals surface area (Å²) < 4.78 is 110. The third kappa shape index (κ3) is 6.22. The Balaban J connectivity index is 1.79. The van der Waals surface area contributed by atoms with Crippen LogP contribution < -0.4 is 10.3 Å². The monoisotopic (exact) mass is 639 g/mol. The van der Waals surface area contributed by atoms with E-state index in [1.165, 1.54) is 37.4 Å². The van der Waals surface area contributed by atoms with Gasteiger partial charge in [-0.2, -0.15) is 13.2 Å². The number of hydrogen-bond acceptors (Lipinski definition) is 6. The van der Waals surface area contributed by atoms with Crippen molar-refractivity contribution in [2.45, 2.75) is 43.5 Å². The minimum absolute atomic E-state index is 0.0220. The molecule has 2 aromatic heterocycles. The third-order valence-corrected chi connectivity index (χ3v) is 10.6. The van der Waals surface area contributed by atoms with E-state index in [0.29, 0.717) is 12.8 Å². The Hall–Kier alpha value is -3.98. The van der Waals surface area contributed by atoms with Gasteiger partial charge < -0.3 is 9.55 Å². The zero-order valence-corrected chi connectivity index (χ0v) is 24.2. The number of carbonyl (C=O) groups is 1. The predicted octanol–water partition coefficient (Wildman–Crippen LogP) is 4.36. The van der Waals surface area contributed by atoms with Gasteiger partial charge in [-0.15, -0.1) is 0 Å². The van der Waals surface area contributed by atoms with Crippen molar-refractivity contribution >= 4 is 36.7 Å². The van der Waals surface area contributed by atoms with Crippen LogP contribution in [0, 0.1) is 5.82 Å². The molecule has 15 heteroatoms. The lowest BCUT2D eigenvalue weighted by Gasteiger charge is -2.14. The van der Waals surface area contributed by atoms with E-state index in [4.69, 9.17) is 0 Å². The van der Waals surface area contributed by atoms with Gasteiger partial charge in [-0.3, -0.25) is 9.59 Å². The lowest BCUT2D eigenvalue weighted by atomic mass is 10.0. The number of nitrogens with zero attached hydrogens (tertiary/aromatic N) is 1. The van der Waals surface area contributed by atoms with Crippen LogP contribution in [0.5, 0.6) is 0 Å². The summed E-state index contributed by atoms with van der Waals surface area (Å²) in [6, 6.07) is 8.75. The number of hydrogen-bond donors (Lipinski definition) is 2. The number of sulfone groups is 1. The number of aromatic amines is 1. The Bertz CT molecular complexity index is 2030. The maximum absolute atomic E-state index is 15.1. The van der Waals surface area contributed by atoms with E-state index >= 15 is 4.39 Å². The number of carbonyl (C=O) groups excluding carboxylic acids is 1. The standard InChI is InChI=1S/C28H25F4N3O6S2/c1-2-42(38,39)15-16-5-9-22(29)17(12-16)14-35-23-10-6-18(28(30,31)32)13-21(23)24(20-4-3-11-33-26(20)36)25(35)27(37)34-43(40,41)19-7-8-19/h3-6,9-13,19H,2,7-8,14-15H2,1H3,(H,33,36)(H,34,37). The average molecular weight is 640 g/mol. The lowest BCUT2D eigenvalue weighted by Crippen LogP contribution is -2.35. The van der Waals surface area contributed by atoms with Gasteiger partial charge in [0.05, 0.1) is 23.1 Å². The predicted molar refractivity (Wildman–Crippen MR) is 151 cm³/mol. The van der Waals surface area contributed by atoms with E-state index in [-0.39, 0.29) is 38.9 Å². The topological polar surface area (TPSA) is 135 Å². The molecule has 4 aromatic rings. The normalized spacial score (nSPS) is 14.3. The number of pyridine rings is 1. The zero-order chi connectivity index (χ0) is 31.3. The van der Waals surface area contributed by atoms with Gasteiger partial charge in [0.15, 0.2) is 9.84 Å². The Morgan fingerprint density at radius 3 is 2.42 bits per heavy atom. The Morgan fingerprint density at radius 2 is 1.79 bits per heavy atom. The van der Waals surface area contributed by atoms with Gasteiger partial charge in [0.25, 0.3) is 11.5 Å². The van der Waals surface area contributed by atoms with Crippen molar-refractivity contribution in [1.82, 2.24) is 14.3 Å². The van der Waals surface area contributed by atoms with Crippen LogP contribution in [0.1, 0.15) is 46.9 Å². The Labute approximate surface area is 243 Å². The first-order valence-electron chi connectivity index (χ1n) is 13.1. The number of halogens is 4. The van der Waals surface area contributed by atoms with Gasteiger partial charge >= 0.3 is 6.18 Å². The average Bonchev–Trinajstić information content (AvgIpc) is 3.74. The summed E-state index contributed by atoms with van der Waals surface area (Å²) in [5.41, 5.74) is -2.76. The molecule has 5 rings (SSSR count). The molecule has 1 aliphatic rings. The summed E-state index contributed by atoms with van der Waals surface area (Å²) in [6.07, 6.45) is -2.91. The molecule has 0 spiro atoms. The summed E-state index contributed by atoms with van der Waals surface area (Å²) in [5.74, 6) is -2.60. The van der Waals surface area contributed by atoms with Gasteiger partial charge in [-0.1, -0.05) is 19.1 Å². The van der Waals surface area contributed by atoms with E-state index in [1.54, 1.807) is 0 Å². The maximum atomic E-state index is 15.1. The number of benzene rings is 2. The number of aromatic nitrogens is 2. The molecule has 43 heavy (non-hydrogen) atoms. The minimum atomic E-state index is -4.81. The van der Waals surface area contributed by atoms with Crippen LogP contribution in [0.4, 0.5) is 17.6 Å². The fourth-order valence-corrected chi connectivity index (χ4v) is 7.00. The van der Waals surface area contributed by atoms with Gasteiger partial charge in [0, 0.05) is 39.5 Å². The summed E-state index contributed by atoms with van der Waals surface area (Å²) >= 11 is 0. The first-order valence-corrected chi connectivity index (χ1v) is 16.4. The molecule has 0 atom stereocenters. The summed E-state index contributed by atoms with van der Waals surface area (Å²) in [4.78, 5) is 29.0. The molecule has 0 aliphatic heterocycles. The van der Waals surface area contributed by atoms with Crippen LogP contribution in [0.2, 0.25) is 0 Å². The van der Waals surface area contributed by atoms with E-state index < -0.39 is 72.1 Å². The molecule has 228 valence electrons. The largest absolute Gasteiger partial charge is 0.416 e. The van der Waals surface area contributed by atoms with Crippen molar-refractivity contribution in [3.05, 3.63) is 93.3 Å². The fraction of sp³-hybridized carbons (Fsp3) is 0.286. The number of sulfonamides is 1. The molecule has 2 N–H and O–H groups in total. The van der Waals surface area contributed by atoms with Crippen LogP contribution in [-0.2, 0) is 38.3 Å². The third-order valence-electron chi connectivity index (χ3n) is 7.16. The molecule has 2 aromatic carbocycles. The molecule has 2 heterocycles. The van der Waals surface area contributed by atoms with Gasteiger partial charge in [0.2, 0.25) is 10.0 Å². The molecule has 1 saturated carbocycles. The van der Waals surface area contributed by atoms with Crippen molar-refractivity contribution in [3.63, 3.8) is 0 Å². The molecular formula is C28H25F4N3O6S2. The van der Waals surface area contributed by atoms with Gasteiger partial charge in [-0.05, 0) is 54.8 Å². The molecular weight excluding hydrogens is 614 g/mol. The number of nitrogens with one attached hydrogen (secondary N) is 2. The number of alkyl halides is 3. The number of H-pyrrole nitrogens is 1. The smallest absolute Gasteiger partial charge is 0.331 e. The van der Waals surface area contributed by atoms with E-state index in [2.05, 4.69) is 4.98 Å². The quantitative estimate of drug-likeness (QED) is 0.262.